The maximum atomic E-state index is 11.9. The van der Waals surface area contributed by atoms with Crippen LogP contribution in [-0.2, 0) is 11.2 Å². The summed E-state index contributed by atoms with van der Waals surface area (Å²) in [4.78, 5) is 23.7. The Hall–Kier alpha value is -2.66. The number of phenols is 1. The van der Waals surface area contributed by atoms with Crippen LogP contribution in [0, 0.1) is 0 Å². The molecule has 0 aliphatic rings. The van der Waals surface area contributed by atoms with Gasteiger partial charge in [-0.3, -0.25) is 14.9 Å². The molecule has 0 spiro atoms. The monoisotopic (exact) mass is 284 g/mol. The van der Waals surface area contributed by atoms with E-state index in [2.05, 4.69) is 5.32 Å². The SMILES string of the molecule is N[C@@H](Cc1ccc(O)cc1)C(=O)NC(=O)c1ccccc1. The third kappa shape index (κ3) is 4.15. The molecule has 0 aliphatic carbocycles. The van der Waals surface area contributed by atoms with Gasteiger partial charge in [-0.05, 0) is 36.2 Å². The number of amides is 2. The lowest BCUT2D eigenvalue weighted by Crippen LogP contribution is -2.44. The molecular formula is C16H16N2O3. The number of hydrogen-bond donors (Lipinski definition) is 3. The third-order valence-electron chi connectivity index (χ3n) is 3.00. The number of phenolic OH excluding ortho intramolecular Hbond substituents is 1. The minimum atomic E-state index is -0.831. The first kappa shape index (κ1) is 14.7. The van der Waals surface area contributed by atoms with Crippen LogP contribution in [0.4, 0.5) is 0 Å². The van der Waals surface area contributed by atoms with Gasteiger partial charge in [-0.2, -0.15) is 0 Å². The maximum Gasteiger partial charge on any atom is 0.257 e. The van der Waals surface area contributed by atoms with Gasteiger partial charge in [0.25, 0.3) is 5.91 Å². The van der Waals surface area contributed by atoms with E-state index in [9.17, 15) is 14.7 Å². The number of benzene rings is 2. The van der Waals surface area contributed by atoms with Crippen LogP contribution in [0.5, 0.6) is 5.75 Å². The van der Waals surface area contributed by atoms with Crippen LogP contribution >= 0.6 is 0 Å². The van der Waals surface area contributed by atoms with Gasteiger partial charge in [0.05, 0.1) is 6.04 Å². The second kappa shape index (κ2) is 6.67. The Labute approximate surface area is 122 Å². The van der Waals surface area contributed by atoms with Crippen LogP contribution in [0.2, 0.25) is 0 Å². The first-order chi connectivity index (χ1) is 10.1. The number of imide groups is 1. The zero-order chi connectivity index (χ0) is 15.2. The molecule has 0 bridgehead atoms. The van der Waals surface area contributed by atoms with E-state index in [0.29, 0.717) is 5.56 Å². The van der Waals surface area contributed by atoms with Gasteiger partial charge in [0.15, 0.2) is 0 Å². The summed E-state index contributed by atoms with van der Waals surface area (Å²) in [5.74, 6) is -0.852. The van der Waals surface area contributed by atoms with Crippen molar-refractivity contribution < 1.29 is 14.7 Å². The van der Waals surface area contributed by atoms with Gasteiger partial charge in [-0.25, -0.2) is 0 Å². The number of aromatic hydroxyl groups is 1. The summed E-state index contributed by atoms with van der Waals surface area (Å²) >= 11 is 0. The highest BCUT2D eigenvalue weighted by molar-refractivity contribution is 6.06. The van der Waals surface area contributed by atoms with Crippen molar-refractivity contribution in [3.63, 3.8) is 0 Å². The Kier molecular flexibility index (Phi) is 4.68. The van der Waals surface area contributed by atoms with E-state index in [0.717, 1.165) is 5.56 Å². The fraction of sp³-hybridized carbons (Fsp3) is 0.125. The predicted molar refractivity (Wildman–Crippen MR) is 78.7 cm³/mol. The molecule has 1 atom stereocenters. The summed E-state index contributed by atoms with van der Waals surface area (Å²) in [5, 5.41) is 11.5. The van der Waals surface area contributed by atoms with E-state index in [1.54, 1.807) is 42.5 Å². The second-order valence-corrected chi connectivity index (χ2v) is 4.66. The first-order valence-corrected chi connectivity index (χ1v) is 6.50. The molecule has 0 heterocycles. The fourth-order valence-corrected chi connectivity index (χ4v) is 1.84. The summed E-state index contributed by atoms with van der Waals surface area (Å²) in [7, 11) is 0. The molecule has 0 aliphatic heterocycles. The fourth-order valence-electron chi connectivity index (χ4n) is 1.84. The van der Waals surface area contributed by atoms with Gasteiger partial charge >= 0.3 is 0 Å². The number of carbonyl (C=O) groups excluding carboxylic acids is 2. The molecule has 0 radical (unpaired) electrons. The molecule has 0 fully saturated rings. The molecule has 2 aromatic carbocycles. The number of hydrogen-bond acceptors (Lipinski definition) is 4. The van der Waals surface area contributed by atoms with Gasteiger partial charge in [-0.15, -0.1) is 0 Å². The zero-order valence-corrected chi connectivity index (χ0v) is 11.3. The van der Waals surface area contributed by atoms with Gasteiger partial charge in [0.1, 0.15) is 5.75 Å². The average molecular weight is 284 g/mol. The highest BCUT2D eigenvalue weighted by Gasteiger charge is 2.17. The highest BCUT2D eigenvalue weighted by atomic mass is 16.3. The Bertz CT molecular complexity index is 624. The zero-order valence-electron chi connectivity index (χ0n) is 11.3. The van der Waals surface area contributed by atoms with Crippen LogP contribution in [0.3, 0.4) is 0 Å². The number of rotatable bonds is 4. The maximum absolute atomic E-state index is 11.9. The average Bonchev–Trinajstić information content (AvgIpc) is 2.50. The smallest absolute Gasteiger partial charge is 0.257 e. The molecule has 0 saturated heterocycles. The molecule has 108 valence electrons. The normalized spacial score (nSPS) is 11.7. The second-order valence-electron chi connectivity index (χ2n) is 4.66. The van der Waals surface area contributed by atoms with E-state index in [1.807, 2.05) is 0 Å². The van der Waals surface area contributed by atoms with E-state index in [1.165, 1.54) is 12.1 Å². The Morgan fingerprint density at radius 3 is 2.29 bits per heavy atom. The lowest BCUT2D eigenvalue weighted by Gasteiger charge is -2.11. The van der Waals surface area contributed by atoms with Crippen LogP contribution in [0.15, 0.2) is 54.6 Å². The van der Waals surface area contributed by atoms with Gasteiger partial charge < -0.3 is 10.8 Å². The molecule has 0 saturated carbocycles. The molecule has 2 rings (SSSR count). The van der Waals surface area contributed by atoms with E-state index in [-0.39, 0.29) is 12.2 Å². The lowest BCUT2D eigenvalue weighted by atomic mass is 10.1. The van der Waals surface area contributed by atoms with Crippen molar-refractivity contribution in [1.82, 2.24) is 5.32 Å². The standard InChI is InChI=1S/C16H16N2O3/c17-14(10-11-6-8-13(19)9-7-11)16(21)18-15(20)12-4-2-1-3-5-12/h1-9,14,19H,10,17H2,(H,18,20,21)/t14-/m0/s1. The van der Waals surface area contributed by atoms with Crippen molar-refractivity contribution in [2.75, 3.05) is 0 Å². The molecule has 0 aromatic heterocycles. The summed E-state index contributed by atoms with van der Waals surface area (Å²) in [5.41, 5.74) is 7.00. The van der Waals surface area contributed by atoms with Crippen LogP contribution in [0.1, 0.15) is 15.9 Å². The minimum Gasteiger partial charge on any atom is -0.508 e. The predicted octanol–water partition coefficient (Wildman–Crippen LogP) is 1.22. The third-order valence-corrected chi connectivity index (χ3v) is 3.00. The minimum absolute atomic E-state index is 0.149. The number of nitrogens with two attached hydrogens (primary N) is 1. The van der Waals surface area contributed by atoms with Crippen LogP contribution in [0.25, 0.3) is 0 Å². The molecular weight excluding hydrogens is 268 g/mol. The summed E-state index contributed by atoms with van der Waals surface area (Å²) in [6.07, 6.45) is 0.286. The summed E-state index contributed by atoms with van der Waals surface area (Å²) < 4.78 is 0. The van der Waals surface area contributed by atoms with Crippen molar-refractivity contribution in [2.45, 2.75) is 12.5 Å². The Balaban J connectivity index is 1.93. The van der Waals surface area contributed by atoms with Gasteiger partial charge in [0, 0.05) is 5.56 Å². The molecule has 5 nitrogen and oxygen atoms in total. The van der Waals surface area contributed by atoms with Crippen LogP contribution in [-0.4, -0.2) is 23.0 Å². The Morgan fingerprint density at radius 1 is 1.05 bits per heavy atom. The molecule has 4 N–H and O–H groups in total. The first-order valence-electron chi connectivity index (χ1n) is 6.50. The number of carbonyl (C=O) groups is 2. The quantitative estimate of drug-likeness (QED) is 0.787. The van der Waals surface area contributed by atoms with Crippen molar-refractivity contribution in [3.8, 4) is 5.75 Å². The van der Waals surface area contributed by atoms with Crippen molar-refractivity contribution in [3.05, 3.63) is 65.7 Å². The van der Waals surface area contributed by atoms with Crippen LogP contribution < -0.4 is 11.1 Å². The number of nitrogens with one attached hydrogen (secondary N) is 1. The summed E-state index contributed by atoms with van der Waals surface area (Å²) in [6, 6.07) is 14.0. The molecule has 21 heavy (non-hydrogen) atoms. The Morgan fingerprint density at radius 2 is 1.67 bits per heavy atom. The van der Waals surface area contributed by atoms with Gasteiger partial charge in [-0.1, -0.05) is 30.3 Å². The molecule has 5 heteroatoms. The van der Waals surface area contributed by atoms with Crippen molar-refractivity contribution in [2.24, 2.45) is 5.73 Å². The van der Waals surface area contributed by atoms with Crippen molar-refractivity contribution >= 4 is 11.8 Å². The van der Waals surface area contributed by atoms with E-state index in [4.69, 9.17) is 5.73 Å². The van der Waals surface area contributed by atoms with E-state index >= 15 is 0 Å². The van der Waals surface area contributed by atoms with Gasteiger partial charge in [0.2, 0.25) is 5.91 Å². The molecule has 2 amide bonds. The molecule has 0 unspecified atom stereocenters. The summed E-state index contributed by atoms with van der Waals surface area (Å²) in [6.45, 7) is 0. The van der Waals surface area contributed by atoms with Crippen molar-refractivity contribution in [1.29, 1.82) is 0 Å². The largest absolute Gasteiger partial charge is 0.508 e. The van der Waals surface area contributed by atoms with E-state index < -0.39 is 17.9 Å². The highest BCUT2D eigenvalue weighted by Crippen LogP contribution is 2.11. The lowest BCUT2D eigenvalue weighted by molar-refractivity contribution is -0.121. The molecule has 2 aromatic rings. The topological polar surface area (TPSA) is 92.4 Å².